The number of carbonyl (C=O) groups excluding carboxylic acids is 1. The molecule has 0 unspecified atom stereocenters. The van der Waals surface area contributed by atoms with Crippen molar-refractivity contribution in [3.63, 3.8) is 0 Å². The maximum atomic E-state index is 12.1. The minimum Gasteiger partial charge on any atom is -0.504 e. The number of esters is 1. The van der Waals surface area contributed by atoms with Gasteiger partial charge in [0.1, 0.15) is 5.56 Å². The average molecular weight is 243 g/mol. The van der Waals surface area contributed by atoms with Gasteiger partial charge >= 0.3 is 12.6 Å². The molecule has 7 heteroatoms. The lowest BCUT2D eigenvalue weighted by Crippen LogP contribution is -2.09. The Kier molecular flexibility index (Phi) is 3.82. The molecular formula is C10H7F2NO4. The predicted octanol–water partition coefficient (Wildman–Crippen LogP) is 1.65. The Bertz CT molecular complexity index is 482. The summed E-state index contributed by atoms with van der Waals surface area (Å²) in [5.41, 5.74) is -0.520. The number of carbonyl (C=O) groups is 1. The Morgan fingerprint density at radius 3 is 2.65 bits per heavy atom. The molecule has 1 aromatic carbocycles. The highest BCUT2D eigenvalue weighted by Crippen LogP contribution is 2.33. The van der Waals surface area contributed by atoms with Crippen LogP contribution in [0.2, 0.25) is 0 Å². The van der Waals surface area contributed by atoms with Crippen molar-refractivity contribution < 1.29 is 28.2 Å². The Balaban J connectivity index is 3.35. The molecule has 0 fully saturated rings. The van der Waals surface area contributed by atoms with Crippen molar-refractivity contribution in [2.45, 2.75) is 6.61 Å². The number of nitrogens with zero attached hydrogens (tertiary/aromatic N) is 1. The second-order valence-electron chi connectivity index (χ2n) is 2.85. The van der Waals surface area contributed by atoms with Gasteiger partial charge in [-0.05, 0) is 6.07 Å². The minimum absolute atomic E-state index is 0.0792. The first-order chi connectivity index (χ1) is 7.99. The number of hydrogen-bond donors (Lipinski definition) is 1. The number of ether oxygens (including phenoxy) is 2. The van der Waals surface area contributed by atoms with Crippen molar-refractivity contribution in [1.82, 2.24) is 0 Å². The molecule has 0 amide bonds. The molecule has 0 aromatic heterocycles. The first-order valence-electron chi connectivity index (χ1n) is 4.29. The first kappa shape index (κ1) is 12.7. The van der Waals surface area contributed by atoms with Crippen LogP contribution in [0.3, 0.4) is 0 Å². The van der Waals surface area contributed by atoms with E-state index in [1.54, 1.807) is 6.07 Å². The topological polar surface area (TPSA) is 79.6 Å². The van der Waals surface area contributed by atoms with Gasteiger partial charge in [-0.1, -0.05) is 0 Å². The van der Waals surface area contributed by atoms with Crippen molar-refractivity contribution in [1.29, 1.82) is 5.26 Å². The van der Waals surface area contributed by atoms with Gasteiger partial charge in [-0.3, -0.25) is 0 Å². The third-order valence-corrected chi connectivity index (χ3v) is 1.81. The van der Waals surface area contributed by atoms with Crippen molar-refractivity contribution in [3.05, 3.63) is 23.3 Å². The lowest BCUT2D eigenvalue weighted by molar-refractivity contribution is -0.0518. The summed E-state index contributed by atoms with van der Waals surface area (Å²) in [6.45, 7) is -3.21. The quantitative estimate of drug-likeness (QED) is 0.816. The van der Waals surface area contributed by atoms with Crippen LogP contribution in [-0.4, -0.2) is 24.8 Å². The van der Waals surface area contributed by atoms with Gasteiger partial charge in [-0.25, -0.2) is 4.79 Å². The summed E-state index contributed by atoms with van der Waals surface area (Å²) < 4.78 is 32.5. The third kappa shape index (κ3) is 2.81. The number of hydrogen-bond acceptors (Lipinski definition) is 5. The van der Waals surface area contributed by atoms with E-state index in [4.69, 9.17) is 5.26 Å². The SMILES string of the molecule is COC(=O)c1cc(C#N)cc(O)c1OC(F)F. The smallest absolute Gasteiger partial charge is 0.387 e. The monoisotopic (exact) mass is 243 g/mol. The number of halogens is 2. The number of alkyl halides is 2. The lowest BCUT2D eigenvalue weighted by atomic mass is 10.1. The van der Waals surface area contributed by atoms with Crippen LogP contribution in [0.4, 0.5) is 8.78 Å². The highest BCUT2D eigenvalue weighted by molar-refractivity contribution is 5.94. The van der Waals surface area contributed by atoms with Crippen LogP contribution in [0.1, 0.15) is 15.9 Å². The molecule has 0 atom stereocenters. The number of rotatable bonds is 3. The zero-order chi connectivity index (χ0) is 13.0. The van der Waals surface area contributed by atoms with Crippen molar-refractivity contribution >= 4 is 5.97 Å². The number of phenols is 1. The summed E-state index contributed by atoms with van der Waals surface area (Å²) in [4.78, 5) is 11.3. The van der Waals surface area contributed by atoms with Crippen LogP contribution in [0.25, 0.3) is 0 Å². The van der Waals surface area contributed by atoms with Crippen molar-refractivity contribution in [2.75, 3.05) is 7.11 Å². The highest BCUT2D eigenvalue weighted by Gasteiger charge is 2.21. The normalized spacial score (nSPS) is 9.82. The van der Waals surface area contributed by atoms with Crippen LogP contribution < -0.4 is 4.74 Å². The van der Waals surface area contributed by atoms with Crippen LogP contribution in [0, 0.1) is 11.3 Å². The largest absolute Gasteiger partial charge is 0.504 e. The van der Waals surface area contributed by atoms with E-state index >= 15 is 0 Å². The van der Waals surface area contributed by atoms with Gasteiger partial charge in [0.25, 0.3) is 0 Å². The van der Waals surface area contributed by atoms with Gasteiger partial charge in [0.2, 0.25) is 0 Å². The van der Waals surface area contributed by atoms with E-state index < -0.39 is 29.6 Å². The van der Waals surface area contributed by atoms with Gasteiger partial charge in [0, 0.05) is 6.07 Å². The molecule has 90 valence electrons. The fraction of sp³-hybridized carbons (Fsp3) is 0.200. The molecule has 5 nitrogen and oxygen atoms in total. The Hall–Kier alpha value is -2.36. The molecule has 1 rings (SSSR count). The summed E-state index contributed by atoms with van der Waals surface area (Å²) in [5, 5.41) is 18.0. The Labute approximate surface area is 94.8 Å². The van der Waals surface area contributed by atoms with Crippen LogP contribution in [-0.2, 0) is 4.74 Å². The molecule has 1 aromatic rings. The van der Waals surface area contributed by atoms with E-state index in [1.165, 1.54) is 0 Å². The maximum Gasteiger partial charge on any atom is 0.387 e. The predicted molar refractivity (Wildman–Crippen MR) is 50.8 cm³/mol. The lowest BCUT2D eigenvalue weighted by Gasteiger charge is -2.11. The molecule has 0 bridgehead atoms. The van der Waals surface area contributed by atoms with E-state index in [0.29, 0.717) is 0 Å². The summed E-state index contributed by atoms with van der Waals surface area (Å²) in [6, 6.07) is 3.55. The van der Waals surface area contributed by atoms with E-state index in [2.05, 4.69) is 9.47 Å². The zero-order valence-electron chi connectivity index (χ0n) is 8.61. The zero-order valence-corrected chi connectivity index (χ0v) is 8.61. The molecule has 0 aliphatic carbocycles. The van der Waals surface area contributed by atoms with Gasteiger partial charge < -0.3 is 14.6 Å². The van der Waals surface area contributed by atoms with Gasteiger partial charge in [0.05, 0.1) is 18.7 Å². The molecule has 17 heavy (non-hydrogen) atoms. The molecular weight excluding hydrogens is 236 g/mol. The Morgan fingerprint density at radius 1 is 1.53 bits per heavy atom. The highest BCUT2D eigenvalue weighted by atomic mass is 19.3. The molecule has 0 radical (unpaired) electrons. The number of phenolic OH excluding ortho intramolecular Hbond substituents is 1. The number of benzene rings is 1. The number of aromatic hydroxyl groups is 1. The van der Waals surface area contributed by atoms with Gasteiger partial charge in [0.15, 0.2) is 11.5 Å². The second-order valence-corrected chi connectivity index (χ2v) is 2.85. The maximum absolute atomic E-state index is 12.1. The second kappa shape index (κ2) is 5.12. The van der Waals surface area contributed by atoms with Crippen LogP contribution >= 0.6 is 0 Å². The summed E-state index contributed by atoms with van der Waals surface area (Å²) in [6.07, 6.45) is 0. The molecule has 0 spiro atoms. The summed E-state index contributed by atoms with van der Waals surface area (Å²) in [5.74, 6) is -2.44. The Morgan fingerprint density at radius 2 is 2.18 bits per heavy atom. The van der Waals surface area contributed by atoms with E-state index in [9.17, 15) is 18.7 Å². The fourth-order valence-electron chi connectivity index (χ4n) is 1.15. The average Bonchev–Trinajstić information content (AvgIpc) is 2.29. The molecule has 0 saturated carbocycles. The fourth-order valence-corrected chi connectivity index (χ4v) is 1.15. The standard InChI is InChI=1S/C10H7F2NO4/c1-16-9(15)6-2-5(4-13)3-7(14)8(6)17-10(11)12/h2-3,10,14H,1H3. The molecule has 0 saturated heterocycles. The van der Waals surface area contributed by atoms with Gasteiger partial charge in [-0.2, -0.15) is 14.0 Å². The summed E-state index contributed by atoms with van der Waals surface area (Å²) >= 11 is 0. The van der Waals surface area contributed by atoms with E-state index in [1.807, 2.05) is 0 Å². The van der Waals surface area contributed by atoms with Crippen LogP contribution in [0.5, 0.6) is 11.5 Å². The third-order valence-electron chi connectivity index (χ3n) is 1.81. The molecule has 1 N–H and O–H groups in total. The van der Waals surface area contributed by atoms with E-state index in [-0.39, 0.29) is 5.56 Å². The molecule has 0 aliphatic heterocycles. The van der Waals surface area contributed by atoms with Gasteiger partial charge in [-0.15, -0.1) is 0 Å². The molecule has 0 heterocycles. The van der Waals surface area contributed by atoms with Crippen molar-refractivity contribution in [2.24, 2.45) is 0 Å². The van der Waals surface area contributed by atoms with Crippen LogP contribution in [0.15, 0.2) is 12.1 Å². The minimum atomic E-state index is -3.21. The summed E-state index contributed by atoms with van der Waals surface area (Å²) in [7, 11) is 1.03. The van der Waals surface area contributed by atoms with E-state index in [0.717, 1.165) is 19.2 Å². The number of methoxy groups -OCH3 is 1. The first-order valence-corrected chi connectivity index (χ1v) is 4.29. The van der Waals surface area contributed by atoms with Crippen molar-refractivity contribution in [3.8, 4) is 17.6 Å². The number of nitriles is 1. The molecule has 0 aliphatic rings.